The van der Waals surface area contributed by atoms with E-state index in [0.717, 1.165) is 19.6 Å². The Labute approximate surface area is 128 Å². The van der Waals surface area contributed by atoms with Gasteiger partial charge in [-0.15, -0.1) is 0 Å². The van der Waals surface area contributed by atoms with E-state index in [1.165, 1.54) is 6.08 Å². The number of carbonyl (C=O) groups excluding carboxylic acids is 1. The molecule has 0 aliphatic carbocycles. The summed E-state index contributed by atoms with van der Waals surface area (Å²) >= 11 is -0.466. The minimum atomic E-state index is -0.466. The number of carbonyl (C=O) groups is 1. The molecule has 4 nitrogen and oxygen atoms in total. The van der Waals surface area contributed by atoms with Crippen LogP contribution in [-0.4, -0.2) is 48.2 Å². The predicted molar refractivity (Wildman–Crippen MR) is 74.6 cm³/mol. The van der Waals surface area contributed by atoms with E-state index >= 15 is 0 Å². The van der Waals surface area contributed by atoms with Gasteiger partial charge in [0.05, 0.1) is 26.2 Å². The Hall–Kier alpha value is 0.440. The number of quaternary nitrogens is 1. The zero-order valence-corrected chi connectivity index (χ0v) is 15.0. The Morgan fingerprint density at radius 2 is 1.72 bits per heavy atom. The third-order valence-corrected chi connectivity index (χ3v) is 3.05. The average Bonchev–Trinajstić information content (AvgIpc) is 2.40. The van der Waals surface area contributed by atoms with E-state index in [0.29, 0.717) is 17.7 Å². The van der Waals surface area contributed by atoms with E-state index in [4.69, 9.17) is 23.6 Å². The Balaban J connectivity index is 0. The number of nitrogens with two attached hydrogens (primary N) is 1. The third-order valence-electron chi connectivity index (χ3n) is 3.05. The van der Waals surface area contributed by atoms with Crippen molar-refractivity contribution in [2.45, 2.75) is 20.8 Å². The van der Waals surface area contributed by atoms with Crippen molar-refractivity contribution < 1.29 is 28.3 Å². The molecule has 0 aliphatic heterocycles. The van der Waals surface area contributed by atoms with E-state index in [-0.39, 0.29) is 5.91 Å². The molecule has 0 fully saturated rings. The molecular formula is C11H24Cl2IN3O. The van der Waals surface area contributed by atoms with E-state index < -0.39 is 18.9 Å². The van der Waals surface area contributed by atoms with Crippen LogP contribution in [0.25, 0.3) is 0 Å². The van der Waals surface area contributed by atoms with E-state index in [1.807, 2.05) is 5.01 Å². The van der Waals surface area contributed by atoms with Crippen molar-refractivity contribution in [1.29, 1.82) is 0 Å². The number of hydrogen-bond donors (Lipinski definition) is 1. The van der Waals surface area contributed by atoms with E-state index in [1.54, 1.807) is 0 Å². The van der Waals surface area contributed by atoms with Gasteiger partial charge in [-0.2, -0.15) is 5.01 Å². The number of rotatable bonds is 7. The fourth-order valence-corrected chi connectivity index (χ4v) is 1.94. The molecular weight excluding hydrogens is 388 g/mol. The molecule has 0 spiro atoms. The van der Waals surface area contributed by atoms with Crippen LogP contribution in [0.15, 0.2) is 12.7 Å². The van der Waals surface area contributed by atoms with Gasteiger partial charge < -0.3 is 5.73 Å². The van der Waals surface area contributed by atoms with Crippen molar-refractivity contribution >= 4 is 23.7 Å². The first kappa shape index (κ1) is 20.8. The summed E-state index contributed by atoms with van der Waals surface area (Å²) in [5.41, 5.74) is 5.54. The van der Waals surface area contributed by atoms with Crippen LogP contribution in [0.5, 0.6) is 0 Å². The standard InChI is InChI=1S/C11H24N3O.Cl2I/c1-5-11(15)13(10-9-12)14(6-2,7-3)8-4;1-3-2/h5H,1,6-10,12H2,2-4H3;/q+1;-1. The molecule has 0 unspecified atom stereocenters. The minimum absolute atomic E-state index is 0.0361. The maximum absolute atomic E-state index is 11.8. The zero-order valence-electron chi connectivity index (χ0n) is 11.3. The maximum atomic E-state index is 11.8. The predicted octanol–water partition coefficient (Wildman–Crippen LogP) is -0.866. The SMILES string of the molecule is C=CC(=O)N(CCN)[N+](CC)(CC)CC.Cl[I-]Cl. The van der Waals surface area contributed by atoms with Crippen LogP contribution in [0.3, 0.4) is 0 Å². The molecule has 0 atom stereocenters. The van der Waals surface area contributed by atoms with Crippen molar-refractivity contribution in [3.05, 3.63) is 12.7 Å². The molecule has 0 aromatic carbocycles. The van der Waals surface area contributed by atoms with Crippen LogP contribution in [0.2, 0.25) is 0 Å². The van der Waals surface area contributed by atoms with Crippen LogP contribution in [0.4, 0.5) is 0 Å². The fourth-order valence-electron chi connectivity index (χ4n) is 1.94. The van der Waals surface area contributed by atoms with Crippen LogP contribution >= 0.6 is 17.8 Å². The zero-order chi connectivity index (χ0) is 14.6. The molecule has 0 saturated carbocycles. The van der Waals surface area contributed by atoms with Gasteiger partial charge in [0.1, 0.15) is 0 Å². The van der Waals surface area contributed by atoms with E-state index in [9.17, 15) is 4.79 Å². The number of amides is 1. The molecule has 0 radical (unpaired) electrons. The average molecular weight is 412 g/mol. The van der Waals surface area contributed by atoms with Crippen molar-refractivity contribution in [3.63, 3.8) is 0 Å². The van der Waals surface area contributed by atoms with Gasteiger partial charge in [-0.3, -0.25) is 4.79 Å². The van der Waals surface area contributed by atoms with Gasteiger partial charge in [0, 0.05) is 12.6 Å². The Morgan fingerprint density at radius 3 is 1.94 bits per heavy atom. The summed E-state index contributed by atoms with van der Waals surface area (Å²) in [6.45, 7) is 13.6. The summed E-state index contributed by atoms with van der Waals surface area (Å²) < 4.78 is 0.655. The molecule has 0 rings (SSSR count). The monoisotopic (exact) mass is 411 g/mol. The van der Waals surface area contributed by atoms with E-state index in [2.05, 4.69) is 27.4 Å². The van der Waals surface area contributed by atoms with Crippen LogP contribution < -0.4 is 24.7 Å². The third kappa shape index (κ3) is 6.56. The van der Waals surface area contributed by atoms with Gasteiger partial charge in [-0.25, -0.2) is 4.59 Å². The van der Waals surface area contributed by atoms with Crippen molar-refractivity contribution in [2.24, 2.45) is 5.73 Å². The second kappa shape index (κ2) is 12.5. The summed E-state index contributed by atoms with van der Waals surface area (Å²) in [6.07, 6.45) is 1.36. The molecule has 2 N–H and O–H groups in total. The molecule has 110 valence electrons. The Morgan fingerprint density at radius 1 is 1.33 bits per heavy atom. The van der Waals surface area contributed by atoms with Gasteiger partial charge >= 0.3 is 36.8 Å². The summed E-state index contributed by atoms with van der Waals surface area (Å²) in [5.74, 6) is -0.0361. The summed E-state index contributed by atoms with van der Waals surface area (Å²) in [5, 5.41) is 1.81. The first-order valence-electron chi connectivity index (χ1n) is 5.90. The summed E-state index contributed by atoms with van der Waals surface area (Å²) in [4.78, 5) is 11.8. The number of nitrogens with zero attached hydrogens (tertiary/aromatic N) is 2. The second-order valence-electron chi connectivity index (χ2n) is 3.55. The first-order chi connectivity index (χ1) is 8.53. The molecule has 7 heteroatoms. The van der Waals surface area contributed by atoms with Gasteiger partial charge in [0.25, 0.3) is 5.91 Å². The summed E-state index contributed by atoms with van der Waals surface area (Å²) in [6, 6.07) is 0. The van der Waals surface area contributed by atoms with Crippen LogP contribution in [-0.2, 0) is 4.79 Å². The van der Waals surface area contributed by atoms with Gasteiger partial charge in [-0.05, 0) is 20.8 Å². The van der Waals surface area contributed by atoms with Crippen LogP contribution in [0, 0.1) is 0 Å². The molecule has 0 aromatic rings. The molecule has 0 aliphatic rings. The Kier molecular flexibility index (Phi) is 14.4. The molecule has 0 aromatic heterocycles. The second-order valence-corrected chi connectivity index (χ2v) is 6.76. The molecule has 0 saturated heterocycles. The quantitative estimate of drug-likeness (QED) is 0.256. The van der Waals surface area contributed by atoms with Gasteiger partial charge in [0.2, 0.25) is 0 Å². The van der Waals surface area contributed by atoms with Crippen molar-refractivity contribution in [2.75, 3.05) is 32.7 Å². The first-order valence-corrected chi connectivity index (χ1v) is 11.4. The van der Waals surface area contributed by atoms with Crippen LogP contribution in [0.1, 0.15) is 20.8 Å². The van der Waals surface area contributed by atoms with Gasteiger partial charge in [0.15, 0.2) is 0 Å². The summed E-state index contributed by atoms with van der Waals surface area (Å²) in [7, 11) is 9.75. The van der Waals surface area contributed by atoms with Crippen molar-refractivity contribution in [3.8, 4) is 0 Å². The normalized spacial score (nSPS) is 10.6. The topological polar surface area (TPSA) is 46.3 Å². The molecule has 18 heavy (non-hydrogen) atoms. The molecule has 0 heterocycles. The van der Waals surface area contributed by atoms with Gasteiger partial charge in [-0.1, -0.05) is 6.58 Å². The van der Waals surface area contributed by atoms with Crippen molar-refractivity contribution in [1.82, 2.24) is 5.01 Å². The number of halogens is 3. The number of hydrogen-bond acceptors (Lipinski definition) is 2. The molecule has 1 amide bonds. The molecule has 0 bridgehead atoms. The fraction of sp³-hybridized carbons (Fsp3) is 0.727. The Bertz CT molecular complexity index is 230.